The summed E-state index contributed by atoms with van der Waals surface area (Å²) in [6, 6.07) is 3.29. The van der Waals surface area contributed by atoms with Gasteiger partial charge in [-0.05, 0) is 37.5 Å². The molecule has 112 valence electrons. The van der Waals surface area contributed by atoms with Crippen LogP contribution in [0.25, 0.3) is 0 Å². The van der Waals surface area contributed by atoms with Gasteiger partial charge in [0.15, 0.2) is 0 Å². The molecule has 0 spiro atoms. The zero-order valence-electron chi connectivity index (χ0n) is 11.1. The zero-order valence-corrected chi connectivity index (χ0v) is 11.8. The molecule has 21 heavy (non-hydrogen) atoms. The second-order valence-corrected chi connectivity index (χ2v) is 5.85. The van der Waals surface area contributed by atoms with Crippen molar-refractivity contribution in [1.82, 2.24) is 4.90 Å². The van der Waals surface area contributed by atoms with Gasteiger partial charge in [0.25, 0.3) is 0 Å². The van der Waals surface area contributed by atoms with Crippen LogP contribution in [-0.4, -0.2) is 34.1 Å². The van der Waals surface area contributed by atoms with Gasteiger partial charge >= 0.3 is 12.0 Å². The molecule has 3 rings (SSSR count). The lowest BCUT2D eigenvalue weighted by atomic mass is 9.89. The number of hydrogen-bond donors (Lipinski definition) is 2. The predicted octanol–water partition coefficient (Wildman–Crippen LogP) is 2.95. The smallest absolute Gasteiger partial charge is 0.322 e. The van der Waals surface area contributed by atoms with Crippen LogP contribution in [-0.2, 0) is 4.79 Å². The summed E-state index contributed by atoms with van der Waals surface area (Å²) >= 11 is 5.67. The van der Waals surface area contributed by atoms with E-state index in [0.717, 1.165) is 6.42 Å². The fraction of sp³-hybridized carbons (Fsp3) is 0.429. The van der Waals surface area contributed by atoms with E-state index >= 15 is 0 Å². The van der Waals surface area contributed by atoms with E-state index < -0.39 is 17.7 Å². The minimum atomic E-state index is -0.857. The molecule has 1 aromatic rings. The van der Waals surface area contributed by atoms with Crippen molar-refractivity contribution in [3.63, 3.8) is 0 Å². The Hall–Kier alpha value is -1.82. The van der Waals surface area contributed by atoms with Crippen LogP contribution in [0.5, 0.6) is 0 Å². The van der Waals surface area contributed by atoms with Crippen LogP contribution < -0.4 is 5.32 Å². The minimum absolute atomic E-state index is 0.0352. The van der Waals surface area contributed by atoms with Gasteiger partial charge in [-0.25, -0.2) is 9.18 Å². The predicted molar refractivity (Wildman–Crippen MR) is 74.8 cm³/mol. The summed E-state index contributed by atoms with van der Waals surface area (Å²) in [5.74, 6) is -1.90. The number of carboxylic acid groups (broad SMARTS) is 1. The third kappa shape index (κ3) is 2.44. The molecule has 0 aromatic heterocycles. The zero-order chi connectivity index (χ0) is 15.1. The molecule has 0 radical (unpaired) electrons. The number of carboxylic acids is 1. The number of amides is 2. The van der Waals surface area contributed by atoms with Crippen molar-refractivity contribution < 1.29 is 19.1 Å². The summed E-state index contributed by atoms with van der Waals surface area (Å²) in [6.45, 7) is 0. The number of carbonyl (C=O) groups excluding carboxylic acids is 1. The number of halogens is 2. The van der Waals surface area contributed by atoms with Crippen LogP contribution in [0.2, 0.25) is 5.02 Å². The molecule has 7 heteroatoms. The molecule has 2 heterocycles. The number of rotatable bonds is 2. The van der Waals surface area contributed by atoms with Gasteiger partial charge in [-0.1, -0.05) is 11.6 Å². The number of urea groups is 1. The van der Waals surface area contributed by atoms with Crippen molar-refractivity contribution >= 4 is 29.3 Å². The topological polar surface area (TPSA) is 69.6 Å². The number of benzene rings is 1. The van der Waals surface area contributed by atoms with Gasteiger partial charge < -0.3 is 15.3 Å². The molecule has 0 aliphatic carbocycles. The Morgan fingerprint density at radius 1 is 1.38 bits per heavy atom. The Labute approximate surface area is 125 Å². The number of hydrogen-bond acceptors (Lipinski definition) is 2. The standard InChI is InChI=1S/C14H14ClFN2O3/c15-10-5-7(1-3-11(10)16)17-14(21)18-8-2-4-12(18)9(6-8)13(19)20/h1,3,5,8-9,12H,2,4,6H2,(H,17,21)(H,19,20). The third-order valence-electron chi connectivity index (χ3n) is 4.26. The third-order valence-corrected chi connectivity index (χ3v) is 4.55. The normalized spacial score (nSPS) is 27.0. The average molecular weight is 313 g/mol. The molecule has 2 bridgehead atoms. The van der Waals surface area contributed by atoms with E-state index in [1.54, 1.807) is 4.90 Å². The van der Waals surface area contributed by atoms with Crippen LogP contribution >= 0.6 is 11.6 Å². The summed E-state index contributed by atoms with van der Waals surface area (Å²) < 4.78 is 13.1. The van der Waals surface area contributed by atoms with Crippen LogP contribution in [0.15, 0.2) is 18.2 Å². The number of carbonyl (C=O) groups is 2. The Morgan fingerprint density at radius 3 is 2.76 bits per heavy atom. The Kier molecular flexibility index (Phi) is 3.49. The molecule has 3 atom stereocenters. The molecule has 2 fully saturated rings. The van der Waals surface area contributed by atoms with Crippen molar-refractivity contribution in [2.45, 2.75) is 31.3 Å². The van der Waals surface area contributed by atoms with Crippen LogP contribution in [0.1, 0.15) is 19.3 Å². The van der Waals surface area contributed by atoms with Crippen molar-refractivity contribution in [2.75, 3.05) is 5.32 Å². The Balaban J connectivity index is 1.74. The van der Waals surface area contributed by atoms with E-state index in [-0.39, 0.29) is 23.1 Å². The molecular formula is C14H14ClFN2O3. The van der Waals surface area contributed by atoms with Gasteiger partial charge in [-0.15, -0.1) is 0 Å². The SMILES string of the molecule is O=C(O)C1CC2CCC1N2C(=O)Nc1ccc(F)c(Cl)c1. The molecule has 2 N–H and O–H groups in total. The highest BCUT2D eigenvalue weighted by molar-refractivity contribution is 6.31. The molecule has 0 saturated carbocycles. The lowest BCUT2D eigenvalue weighted by Gasteiger charge is -2.23. The fourth-order valence-electron chi connectivity index (χ4n) is 3.33. The fourth-order valence-corrected chi connectivity index (χ4v) is 3.51. The molecular weight excluding hydrogens is 299 g/mol. The molecule has 2 amide bonds. The maximum atomic E-state index is 13.1. The summed E-state index contributed by atoms with van der Waals surface area (Å²) in [5.41, 5.74) is 0.393. The van der Waals surface area contributed by atoms with E-state index in [4.69, 9.17) is 11.6 Å². The minimum Gasteiger partial charge on any atom is -0.481 e. The average Bonchev–Trinajstić information content (AvgIpc) is 3.00. The summed E-state index contributed by atoms with van der Waals surface area (Å²) in [4.78, 5) is 25.1. The van der Waals surface area contributed by atoms with Gasteiger partial charge in [0.1, 0.15) is 5.82 Å². The Morgan fingerprint density at radius 2 is 2.14 bits per heavy atom. The molecule has 2 aliphatic heterocycles. The maximum Gasteiger partial charge on any atom is 0.322 e. The van der Waals surface area contributed by atoms with Gasteiger partial charge in [-0.2, -0.15) is 0 Å². The molecule has 2 saturated heterocycles. The van der Waals surface area contributed by atoms with Crippen molar-refractivity contribution in [1.29, 1.82) is 0 Å². The monoisotopic (exact) mass is 312 g/mol. The van der Waals surface area contributed by atoms with E-state index in [0.29, 0.717) is 18.5 Å². The number of nitrogens with one attached hydrogen (secondary N) is 1. The van der Waals surface area contributed by atoms with Crippen molar-refractivity contribution in [2.24, 2.45) is 5.92 Å². The number of nitrogens with zero attached hydrogens (tertiary/aromatic N) is 1. The molecule has 1 aromatic carbocycles. The van der Waals surface area contributed by atoms with Crippen molar-refractivity contribution in [3.8, 4) is 0 Å². The lowest BCUT2D eigenvalue weighted by molar-refractivity contribution is -0.142. The first kappa shape index (κ1) is 14.1. The van der Waals surface area contributed by atoms with Crippen LogP contribution in [0.3, 0.4) is 0 Å². The maximum absolute atomic E-state index is 13.1. The van der Waals surface area contributed by atoms with Crippen LogP contribution in [0, 0.1) is 11.7 Å². The van der Waals surface area contributed by atoms with Crippen molar-refractivity contribution in [3.05, 3.63) is 29.0 Å². The van der Waals surface area contributed by atoms with Gasteiger partial charge in [0, 0.05) is 17.8 Å². The first-order valence-corrected chi connectivity index (χ1v) is 7.12. The van der Waals surface area contributed by atoms with Gasteiger partial charge in [0.05, 0.1) is 10.9 Å². The summed E-state index contributed by atoms with van der Waals surface area (Å²) in [7, 11) is 0. The van der Waals surface area contributed by atoms with E-state index in [9.17, 15) is 19.1 Å². The first-order chi connectivity index (χ1) is 9.97. The summed E-state index contributed by atoms with van der Waals surface area (Å²) in [5, 5.41) is 11.8. The molecule has 2 aliphatic rings. The highest BCUT2D eigenvalue weighted by Crippen LogP contribution is 2.42. The summed E-state index contributed by atoms with van der Waals surface area (Å²) in [6.07, 6.45) is 2.03. The number of fused-ring (bicyclic) bond motifs is 2. The highest BCUT2D eigenvalue weighted by atomic mass is 35.5. The largest absolute Gasteiger partial charge is 0.481 e. The van der Waals surface area contributed by atoms with Gasteiger partial charge in [0.2, 0.25) is 0 Å². The van der Waals surface area contributed by atoms with E-state index in [1.807, 2.05) is 0 Å². The second kappa shape index (κ2) is 5.18. The van der Waals surface area contributed by atoms with Gasteiger partial charge in [-0.3, -0.25) is 4.79 Å². The highest BCUT2D eigenvalue weighted by Gasteiger charge is 2.51. The van der Waals surface area contributed by atoms with E-state index in [2.05, 4.69) is 5.32 Å². The molecule has 3 unspecified atom stereocenters. The van der Waals surface area contributed by atoms with Crippen LogP contribution in [0.4, 0.5) is 14.9 Å². The van der Waals surface area contributed by atoms with E-state index in [1.165, 1.54) is 18.2 Å². The lowest BCUT2D eigenvalue weighted by Crippen LogP contribution is -2.40. The Bertz CT molecular complexity index is 610. The number of aliphatic carboxylic acids is 1. The quantitative estimate of drug-likeness (QED) is 0.882. The first-order valence-electron chi connectivity index (χ1n) is 6.74. The number of anilines is 1. The molecule has 5 nitrogen and oxygen atoms in total. The second-order valence-electron chi connectivity index (χ2n) is 5.45.